The molecule has 1 aliphatic heterocycles. The molecule has 1 saturated heterocycles. The number of piperidine rings is 1. The van der Waals surface area contributed by atoms with Crippen LogP contribution in [0, 0.1) is 5.92 Å². The van der Waals surface area contributed by atoms with Crippen molar-refractivity contribution in [2.75, 3.05) is 26.7 Å². The number of hydrogen-bond acceptors (Lipinski definition) is 3. The Kier molecular flexibility index (Phi) is 5.48. The summed E-state index contributed by atoms with van der Waals surface area (Å²) in [7, 11) is 2.22. The van der Waals surface area contributed by atoms with Crippen molar-refractivity contribution in [2.24, 2.45) is 5.92 Å². The highest BCUT2D eigenvalue weighted by Gasteiger charge is 2.15. The number of rotatable bonds is 5. The molecule has 1 aromatic rings. The Morgan fingerprint density at radius 2 is 2.24 bits per heavy atom. The molecule has 2 heterocycles. The van der Waals surface area contributed by atoms with Crippen molar-refractivity contribution < 1.29 is 0 Å². The standard InChI is InChI=1S/C13H21BrN2S/c1-16-7-3-11(4-8-16)2-6-15-10-13-12(14)5-9-17-13/h5,9,11,15H,2-4,6-8,10H2,1H3. The smallest absolute Gasteiger partial charge is 0.0327 e. The van der Waals surface area contributed by atoms with Crippen molar-refractivity contribution in [3.05, 3.63) is 20.8 Å². The molecule has 1 aromatic heterocycles. The van der Waals surface area contributed by atoms with E-state index in [-0.39, 0.29) is 0 Å². The van der Waals surface area contributed by atoms with Crippen LogP contribution in [0.5, 0.6) is 0 Å². The molecule has 0 atom stereocenters. The van der Waals surface area contributed by atoms with E-state index in [2.05, 4.69) is 44.6 Å². The van der Waals surface area contributed by atoms with Crippen LogP contribution in [0.3, 0.4) is 0 Å². The lowest BCUT2D eigenvalue weighted by Crippen LogP contribution is -2.31. The number of nitrogens with one attached hydrogen (secondary N) is 1. The highest BCUT2D eigenvalue weighted by atomic mass is 79.9. The second kappa shape index (κ2) is 6.88. The first kappa shape index (κ1) is 13.5. The molecule has 0 spiro atoms. The first-order valence-electron chi connectivity index (χ1n) is 6.37. The van der Waals surface area contributed by atoms with Crippen molar-refractivity contribution in [2.45, 2.75) is 25.8 Å². The van der Waals surface area contributed by atoms with Gasteiger partial charge in [0.25, 0.3) is 0 Å². The van der Waals surface area contributed by atoms with Gasteiger partial charge in [-0.3, -0.25) is 0 Å². The maximum atomic E-state index is 3.57. The molecule has 0 bridgehead atoms. The third kappa shape index (κ3) is 4.36. The minimum Gasteiger partial charge on any atom is -0.312 e. The van der Waals surface area contributed by atoms with E-state index in [1.54, 1.807) is 0 Å². The molecule has 2 rings (SSSR count). The first-order chi connectivity index (χ1) is 8.25. The van der Waals surface area contributed by atoms with E-state index >= 15 is 0 Å². The summed E-state index contributed by atoms with van der Waals surface area (Å²) in [6.07, 6.45) is 4.08. The van der Waals surface area contributed by atoms with Gasteiger partial charge in [-0.2, -0.15) is 0 Å². The van der Waals surface area contributed by atoms with Crippen LogP contribution < -0.4 is 5.32 Å². The molecule has 0 unspecified atom stereocenters. The Bertz CT molecular complexity index is 332. The fourth-order valence-corrected chi connectivity index (χ4v) is 3.77. The minimum absolute atomic E-state index is 0.936. The molecule has 1 N–H and O–H groups in total. The van der Waals surface area contributed by atoms with Crippen molar-refractivity contribution in [1.82, 2.24) is 10.2 Å². The Morgan fingerprint density at radius 3 is 2.88 bits per heavy atom. The number of halogens is 1. The Hall–Kier alpha value is 0.100. The minimum atomic E-state index is 0.936. The van der Waals surface area contributed by atoms with E-state index in [4.69, 9.17) is 0 Å². The van der Waals surface area contributed by atoms with Crippen LogP contribution in [0.1, 0.15) is 24.1 Å². The zero-order valence-electron chi connectivity index (χ0n) is 10.4. The monoisotopic (exact) mass is 316 g/mol. The highest BCUT2D eigenvalue weighted by molar-refractivity contribution is 9.10. The fourth-order valence-electron chi connectivity index (χ4n) is 2.31. The molecule has 2 nitrogen and oxygen atoms in total. The molecule has 1 fully saturated rings. The van der Waals surface area contributed by atoms with Gasteiger partial charge in [0.2, 0.25) is 0 Å². The summed E-state index contributed by atoms with van der Waals surface area (Å²) in [5, 5.41) is 5.69. The molecule has 4 heteroatoms. The van der Waals surface area contributed by atoms with Gasteiger partial charge in [-0.15, -0.1) is 11.3 Å². The van der Waals surface area contributed by atoms with E-state index in [1.807, 2.05) is 11.3 Å². The van der Waals surface area contributed by atoms with Gasteiger partial charge < -0.3 is 10.2 Å². The van der Waals surface area contributed by atoms with Crippen LogP contribution >= 0.6 is 27.3 Å². The van der Waals surface area contributed by atoms with E-state index in [0.29, 0.717) is 0 Å². The van der Waals surface area contributed by atoms with Crippen LogP contribution in [-0.4, -0.2) is 31.6 Å². The average Bonchev–Trinajstić information content (AvgIpc) is 2.73. The van der Waals surface area contributed by atoms with Gasteiger partial charge in [-0.1, -0.05) is 0 Å². The summed E-state index contributed by atoms with van der Waals surface area (Å²) in [5.74, 6) is 0.936. The van der Waals surface area contributed by atoms with Crippen molar-refractivity contribution >= 4 is 27.3 Å². The number of likely N-dealkylation sites (tertiary alicyclic amines) is 1. The Morgan fingerprint density at radius 1 is 1.47 bits per heavy atom. The molecular formula is C13H21BrN2S. The first-order valence-corrected chi connectivity index (χ1v) is 8.04. The quantitative estimate of drug-likeness (QED) is 0.838. The second-order valence-electron chi connectivity index (χ2n) is 4.90. The van der Waals surface area contributed by atoms with Gasteiger partial charge in [-0.05, 0) is 79.2 Å². The van der Waals surface area contributed by atoms with Crippen LogP contribution in [0.15, 0.2) is 15.9 Å². The zero-order chi connectivity index (χ0) is 12.1. The Labute approximate surface area is 117 Å². The second-order valence-corrected chi connectivity index (χ2v) is 6.76. The van der Waals surface area contributed by atoms with Crippen LogP contribution in [0.25, 0.3) is 0 Å². The average molecular weight is 317 g/mol. The van der Waals surface area contributed by atoms with E-state index in [9.17, 15) is 0 Å². The van der Waals surface area contributed by atoms with Gasteiger partial charge in [-0.25, -0.2) is 0 Å². The number of thiophene rings is 1. The largest absolute Gasteiger partial charge is 0.312 e. The molecule has 0 radical (unpaired) electrons. The van der Waals surface area contributed by atoms with Crippen LogP contribution in [0.2, 0.25) is 0 Å². The van der Waals surface area contributed by atoms with E-state index in [1.165, 1.54) is 41.7 Å². The lowest BCUT2D eigenvalue weighted by molar-refractivity contribution is 0.211. The lowest BCUT2D eigenvalue weighted by Gasteiger charge is -2.28. The van der Waals surface area contributed by atoms with Crippen LogP contribution in [0.4, 0.5) is 0 Å². The molecule has 17 heavy (non-hydrogen) atoms. The summed E-state index contributed by atoms with van der Waals surface area (Å²) in [5.41, 5.74) is 0. The molecule has 0 aliphatic carbocycles. The topological polar surface area (TPSA) is 15.3 Å². The molecular weight excluding hydrogens is 296 g/mol. The van der Waals surface area contributed by atoms with E-state index in [0.717, 1.165) is 19.0 Å². The molecule has 0 aromatic carbocycles. The Balaban J connectivity index is 1.59. The maximum Gasteiger partial charge on any atom is 0.0327 e. The van der Waals surface area contributed by atoms with E-state index < -0.39 is 0 Å². The van der Waals surface area contributed by atoms with Gasteiger partial charge in [0, 0.05) is 15.9 Å². The lowest BCUT2D eigenvalue weighted by atomic mass is 9.94. The highest BCUT2D eigenvalue weighted by Crippen LogP contribution is 2.22. The van der Waals surface area contributed by atoms with Gasteiger partial charge in [0.05, 0.1) is 0 Å². The van der Waals surface area contributed by atoms with Gasteiger partial charge in [0.15, 0.2) is 0 Å². The molecule has 96 valence electrons. The predicted octanol–water partition coefficient (Wildman–Crippen LogP) is 3.33. The van der Waals surface area contributed by atoms with Gasteiger partial charge >= 0.3 is 0 Å². The van der Waals surface area contributed by atoms with Crippen LogP contribution in [-0.2, 0) is 6.54 Å². The predicted molar refractivity (Wildman–Crippen MR) is 78.6 cm³/mol. The summed E-state index contributed by atoms with van der Waals surface area (Å²) in [4.78, 5) is 3.85. The number of hydrogen-bond donors (Lipinski definition) is 1. The van der Waals surface area contributed by atoms with Crippen molar-refractivity contribution in [1.29, 1.82) is 0 Å². The van der Waals surface area contributed by atoms with Gasteiger partial charge in [0.1, 0.15) is 0 Å². The van der Waals surface area contributed by atoms with Crippen molar-refractivity contribution in [3.8, 4) is 0 Å². The summed E-state index contributed by atoms with van der Waals surface area (Å²) < 4.78 is 1.24. The summed E-state index contributed by atoms with van der Waals surface area (Å²) >= 11 is 5.39. The molecule has 1 aliphatic rings. The summed E-state index contributed by atoms with van der Waals surface area (Å²) in [6, 6.07) is 2.12. The molecule has 0 saturated carbocycles. The third-order valence-corrected chi connectivity index (χ3v) is 5.47. The number of nitrogens with zero attached hydrogens (tertiary/aromatic N) is 1. The maximum absolute atomic E-state index is 3.57. The van der Waals surface area contributed by atoms with Crippen molar-refractivity contribution in [3.63, 3.8) is 0 Å². The zero-order valence-corrected chi connectivity index (χ0v) is 12.8. The normalized spacial score (nSPS) is 18.7. The summed E-state index contributed by atoms with van der Waals surface area (Å²) in [6.45, 7) is 4.71. The third-order valence-electron chi connectivity index (χ3n) is 3.54. The fraction of sp³-hybridized carbons (Fsp3) is 0.692. The SMILES string of the molecule is CN1CCC(CCNCc2sccc2Br)CC1. The molecule has 0 amide bonds.